The van der Waals surface area contributed by atoms with E-state index in [0.717, 1.165) is 0 Å². The van der Waals surface area contributed by atoms with Crippen molar-refractivity contribution < 1.29 is 27.9 Å². The summed E-state index contributed by atoms with van der Waals surface area (Å²) in [6.45, 7) is 4.46. The first-order valence-corrected chi connectivity index (χ1v) is 5.07. The van der Waals surface area contributed by atoms with Gasteiger partial charge in [0.15, 0.2) is 0 Å². The average molecular weight is 253 g/mol. The van der Waals surface area contributed by atoms with Crippen LogP contribution in [0, 0.1) is 11.3 Å². The fourth-order valence-corrected chi connectivity index (χ4v) is 2.16. The molecule has 0 aromatic carbocycles. The van der Waals surface area contributed by atoms with Gasteiger partial charge in [0.05, 0.1) is 12.0 Å². The molecule has 17 heavy (non-hydrogen) atoms. The third-order valence-corrected chi connectivity index (χ3v) is 2.82. The maximum atomic E-state index is 12.3. The first-order chi connectivity index (χ1) is 7.46. The van der Waals surface area contributed by atoms with Crippen molar-refractivity contribution >= 4 is 11.9 Å². The van der Waals surface area contributed by atoms with E-state index in [2.05, 4.69) is 0 Å². The van der Waals surface area contributed by atoms with Crippen molar-refractivity contribution in [3.63, 3.8) is 0 Å². The van der Waals surface area contributed by atoms with Crippen LogP contribution in [0.25, 0.3) is 0 Å². The van der Waals surface area contributed by atoms with Crippen LogP contribution in [-0.4, -0.2) is 40.6 Å². The molecule has 0 aromatic rings. The van der Waals surface area contributed by atoms with Gasteiger partial charge in [-0.2, -0.15) is 13.2 Å². The zero-order valence-electron chi connectivity index (χ0n) is 9.71. The standard InChI is InChI=1S/C10H14F3NO3/c1-9(2,3)6-5(7(15)16)4-14(6)8(17)10(11,12)13/h5-6H,4H2,1-3H3,(H,15,16). The van der Waals surface area contributed by atoms with Crippen LogP contribution in [0.3, 0.4) is 0 Å². The van der Waals surface area contributed by atoms with Crippen LogP contribution in [-0.2, 0) is 9.59 Å². The molecule has 2 unspecified atom stereocenters. The second-order valence-electron chi connectivity index (χ2n) is 5.21. The van der Waals surface area contributed by atoms with Crippen LogP contribution in [0.5, 0.6) is 0 Å². The van der Waals surface area contributed by atoms with E-state index in [1.807, 2.05) is 0 Å². The van der Waals surface area contributed by atoms with Crippen molar-refractivity contribution in [2.45, 2.75) is 33.0 Å². The molecule has 1 N–H and O–H groups in total. The Bertz CT molecular complexity index is 346. The molecule has 0 spiro atoms. The van der Waals surface area contributed by atoms with Crippen LogP contribution in [0.15, 0.2) is 0 Å². The van der Waals surface area contributed by atoms with E-state index >= 15 is 0 Å². The molecule has 1 heterocycles. The first-order valence-electron chi connectivity index (χ1n) is 5.07. The molecule has 1 fully saturated rings. The molecule has 98 valence electrons. The van der Waals surface area contributed by atoms with E-state index in [9.17, 15) is 22.8 Å². The summed E-state index contributed by atoms with van der Waals surface area (Å²) >= 11 is 0. The number of aliphatic carboxylic acids is 1. The van der Waals surface area contributed by atoms with Crippen molar-refractivity contribution in [1.29, 1.82) is 0 Å². The van der Waals surface area contributed by atoms with Gasteiger partial charge in [-0.1, -0.05) is 20.8 Å². The Balaban J connectivity index is 2.92. The zero-order valence-corrected chi connectivity index (χ0v) is 9.71. The third-order valence-electron chi connectivity index (χ3n) is 2.82. The van der Waals surface area contributed by atoms with E-state index in [1.54, 1.807) is 20.8 Å². The minimum Gasteiger partial charge on any atom is -0.481 e. The number of carbonyl (C=O) groups is 2. The van der Waals surface area contributed by atoms with Gasteiger partial charge in [-0.25, -0.2) is 0 Å². The van der Waals surface area contributed by atoms with Gasteiger partial charge < -0.3 is 10.0 Å². The Morgan fingerprint density at radius 2 is 1.71 bits per heavy atom. The molecule has 4 nitrogen and oxygen atoms in total. The highest BCUT2D eigenvalue weighted by Crippen LogP contribution is 2.40. The smallest absolute Gasteiger partial charge is 0.471 e. The monoisotopic (exact) mass is 253 g/mol. The average Bonchev–Trinajstić information content (AvgIpc) is 1.95. The van der Waals surface area contributed by atoms with Gasteiger partial charge in [-0.05, 0) is 5.41 Å². The number of hydrogen-bond acceptors (Lipinski definition) is 2. The largest absolute Gasteiger partial charge is 0.481 e. The van der Waals surface area contributed by atoms with Crippen molar-refractivity contribution in [1.82, 2.24) is 4.90 Å². The molecule has 1 rings (SSSR count). The van der Waals surface area contributed by atoms with E-state index in [1.165, 1.54) is 0 Å². The lowest BCUT2D eigenvalue weighted by Gasteiger charge is -2.52. The molecular weight excluding hydrogens is 239 g/mol. The molecule has 7 heteroatoms. The lowest BCUT2D eigenvalue weighted by atomic mass is 9.72. The Kier molecular flexibility index (Phi) is 3.15. The highest BCUT2D eigenvalue weighted by molar-refractivity contribution is 5.86. The van der Waals surface area contributed by atoms with E-state index in [4.69, 9.17) is 5.11 Å². The number of nitrogens with zero attached hydrogens (tertiary/aromatic N) is 1. The van der Waals surface area contributed by atoms with Gasteiger partial charge in [0, 0.05) is 6.54 Å². The van der Waals surface area contributed by atoms with Gasteiger partial charge >= 0.3 is 18.1 Å². The zero-order chi connectivity index (χ0) is 13.6. The maximum Gasteiger partial charge on any atom is 0.471 e. The molecule has 2 atom stereocenters. The van der Waals surface area contributed by atoms with Crippen LogP contribution >= 0.6 is 0 Å². The predicted molar refractivity (Wildman–Crippen MR) is 52.1 cm³/mol. The number of amides is 1. The van der Waals surface area contributed by atoms with Gasteiger partial charge in [-0.15, -0.1) is 0 Å². The first kappa shape index (κ1) is 13.8. The molecule has 0 saturated carbocycles. The number of halogens is 3. The minimum absolute atomic E-state index is 0.379. The van der Waals surface area contributed by atoms with Crippen molar-refractivity contribution in [2.24, 2.45) is 11.3 Å². The lowest BCUT2D eigenvalue weighted by molar-refractivity contribution is -0.205. The van der Waals surface area contributed by atoms with Crippen molar-refractivity contribution in [3.8, 4) is 0 Å². The number of carboxylic acids is 1. The van der Waals surface area contributed by atoms with Crippen LogP contribution < -0.4 is 0 Å². The molecule has 1 saturated heterocycles. The van der Waals surface area contributed by atoms with Gasteiger partial charge in [0.2, 0.25) is 0 Å². The van der Waals surface area contributed by atoms with Crippen LogP contribution in [0.2, 0.25) is 0 Å². The molecule has 0 bridgehead atoms. The summed E-state index contributed by atoms with van der Waals surface area (Å²) in [5.41, 5.74) is -0.706. The SMILES string of the molecule is CC(C)(C)C1C(C(=O)O)CN1C(=O)C(F)(F)F. The van der Waals surface area contributed by atoms with Gasteiger partial charge in [0.25, 0.3) is 0 Å². The summed E-state index contributed by atoms with van der Waals surface area (Å²) in [5.74, 6) is -4.06. The summed E-state index contributed by atoms with van der Waals surface area (Å²) in [5, 5.41) is 8.85. The molecule has 1 aliphatic rings. The maximum absolute atomic E-state index is 12.3. The van der Waals surface area contributed by atoms with E-state index in [-0.39, 0.29) is 6.54 Å². The van der Waals surface area contributed by atoms with Crippen LogP contribution in [0.4, 0.5) is 13.2 Å². The highest BCUT2D eigenvalue weighted by Gasteiger charge is 2.57. The van der Waals surface area contributed by atoms with Gasteiger partial charge in [-0.3, -0.25) is 9.59 Å². The third kappa shape index (κ3) is 2.53. The highest BCUT2D eigenvalue weighted by atomic mass is 19.4. The number of likely N-dealkylation sites (tertiary alicyclic amines) is 1. The lowest BCUT2D eigenvalue weighted by Crippen LogP contribution is -2.68. The van der Waals surface area contributed by atoms with Crippen molar-refractivity contribution in [2.75, 3.05) is 6.54 Å². The van der Waals surface area contributed by atoms with Gasteiger partial charge in [0.1, 0.15) is 0 Å². The number of carboxylic acid groups (broad SMARTS) is 1. The Morgan fingerprint density at radius 3 is 2.00 bits per heavy atom. The molecular formula is C10H14F3NO3. The second kappa shape index (κ2) is 3.89. The van der Waals surface area contributed by atoms with Crippen molar-refractivity contribution in [3.05, 3.63) is 0 Å². The minimum atomic E-state index is -4.95. The Hall–Kier alpha value is -1.27. The second-order valence-corrected chi connectivity index (χ2v) is 5.21. The van der Waals surface area contributed by atoms with E-state index in [0.29, 0.717) is 4.90 Å². The van der Waals surface area contributed by atoms with E-state index < -0.39 is 35.4 Å². The summed E-state index contributed by atoms with van der Waals surface area (Å²) in [6.07, 6.45) is -4.95. The summed E-state index contributed by atoms with van der Waals surface area (Å²) < 4.78 is 36.8. The summed E-state index contributed by atoms with van der Waals surface area (Å²) in [7, 11) is 0. The molecule has 0 aromatic heterocycles. The molecule has 1 amide bonds. The number of hydrogen-bond donors (Lipinski definition) is 1. The molecule has 1 aliphatic heterocycles. The fourth-order valence-electron chi connectivity index (χ4n) is 2.16. The van der Waals surface area contributed by atoms with Crippen LogP contribution in [0.1, 0.15) is 20.8 Å². The number of rotatable bonds is 1. The Labute approximate surface area is 96.4 Å². The molecule has 0 aliphatic carbocycles. The number of alkyl halides is 3. The summed E-state index contributed by atoms with van der Waals surface area (Å²) in [4.78, 5) is 22.5. The topological polar surface area (TPSA) is 57.6 Å². The normalized spacial score (nSPS) is 25.4. The summed E-state index contributed by atoms with van der Waals surface area (Å²) in [6, 6.07) is -0.922. The quantitative estimate of drug-likeness (QED) is 0.770. The predicted octanol–water partition coefficient (Wildman–Crippen LogP) is 1.51. The number of carbonyl (C=O) groups excluding carboxylic acids is 1. The Morgan fingerprint density at radius 1 is 1.24 bits per heavy atom. The fraction of sp³-hybridized carbons (Fsp3) is 0.800. The molecule has 0 radical (unpaired) electrons.